The van der Waals surface area contributed by atoms with Crippen LogP contribution in [0.3, 0.4) is 0 Å². The van der Waals surface area contributed by atoms with E-state index < -0.39 is 5.97 Å². The number of furan rings is 1. The molecule has 0 aliphatic rings. The highest BCUT2D eigenvalue weighted by molar-refractivity contribution is 5.87. The molecule has 0 aliphatic heterocycles. The van der Waals surface area contributed by atoms with Crippen molar-refractivity contribution in [3.8, 4) is 12.3 Å². The van der Waals surface area contributed by atoms with Gasteiger partial charge >= 0.3 is 5.97 Å². The van der Waals surface area contributed by atoms with Crippen molar-refractivity contribution in [1.82, 2.24) is 5.32 Å². The summed E-state index contributed by atoms with van der Waals surface area (Å²) in [5.74, 6) is 2.37. The van der Waals surface area contributed by atoms with Crippen LogP contribution in [0.25, 0.3) is 0 Å². The van der Waals surface area contributed by atoms with Crippen LogP contribution in [0.5, 0.6) is 0 Å². The molecule has 0 aliphatic carbocycles. The average molecular weight is 221 g/mol. The van der Waals surface area contributed by atoms with E-state index in [0.717, 1.165) is 12.0 Å². The summed E-state index contributed by atoms with van der Waals surface area (Å²) < 4.78 is 9.64. The molecule has 0 fully saturated rings. The molecule has 0 spiro atoms. The number of carbonyl (C=O) groups is 1. The van der Waals surface area contributed by atoms with Gasteiger partial charge in [-0.15, -0.1) is 6.42 Å². The molecule has 1 N–H and O–H groups in total. The minimum atomic E-state index is -0.476. The maximum Gasteiger partial charge on any atom is 0.374 e. The van der Waals surface area contributed by atoms with Crippen molar-refractivity contribution < 1.29 is 13.9 Å². The summed E-state index contributed by atoms with van der Waals surface area (Å²) >= 11 is 0. The van der Waals surface area contributed by atoms with E-state index in [4.69, 9.17) is 10.8 Å². The van der Waals surface area contributed by atoms with Gasteiger partial charge in [0.05, 0.1) is 19.4 Å². The summed E-state index contributed by atoms with van der Waals surface area (Å²) in [6.45, 7) is 2.48. The zero-order valence-corrected chi connectivity index (χ0v) is 9.45. The number of terminal acetylenes is 1. The van der Waals surface area contributed by atoms with Gasteiger partial charge in [-0.1, -0.05) is 12.8 Å². The summed E-state index contributed by atoms with van der Waals surface area (Å²) in [5, 5.41) is 3.14. The fourth-order valence-corrected chi connectivity index (χ4v) is 1.30. The number of esters is 1. The lowest BCUT2D eigenvalue weighted by atomic mass is 10.2. The molecule has 1 rings (SSSR count). The number of methoxy groups -OCH3 is 1. The van der Waals surface area contributed by atoms with Crippen LogP contribution < -0.4 is 5.32 Å². The van der Waals surface area contributed by atoms with Crippen molar-refractivity contribution in [3.63, 3.8) is 0 Å². The van der Waals surface area contributed by atoms with Gasteiger partial charge in [-0.3, -0.25) is 5.32 Å². The molecular formula is C12H15NO3. The van der Waals surface area contributed by atoms with E-state index >= 15 is 0 Å². The quantitative estimate of drug-likeness (QED) is 0.605. The lowest BCUT2D eigenvalue weighted by Crippen LogP contribution is -2.26. The summed E-state index contributed by atoms with van der Waals surface area (Å²) in [6, 6.07) is 1.73. The third kappa shape index (κ3) is 2.88. The zero-order chi connectivity index (χ0) is 12.0. The summed E-state index contributed by atoms with van der Waals surface area (Å²) in [7, 11) is 1.32. The van der Waals surface area contributed by atoms with Crippen LogP contribution in [0.2, 0.25) is 0 Å². The first-order chi connectivity index (χ1) is 7.72. The Bertz CT molecular complexity index is 389. The number of hydrogen-bond donors (Lipinski definition) is 1. The first kappa shape index (κ1) is 12.3. The maximum absolute atomic E-state index is 11.3. The number of rotatable bonds is 5. The average Bonchev–Trinajstić information content (AvgIpc) is 2.77. The molecule has 16 heavy (non-hydrogen) atoms. The normalized spacial score (nSPS) is 11.8. The van der Waals surface area contributed by atoms with Crippen molar-refractivity contribution in [1.29, 1.82) is 0 Å². The van der Waals surface area contributed by atoms with Gasteiger partial charge in [0.1, 0.15) is 0 Å². The Hall–Kier alpha value is -1.73. The predicted molar refractivity (Wildman–Crippen MR) is 59.8 cm³/mol. The molecule has 0 saturated heterocycles. The first-order valence-electron chi connectivity index (χ1n) is 5.07. The third-order valence-corrected chi connectivity index (χ3v) is 2.27. The molecule has 1 aromatic rings. The fourth-order valence-electron chi connectivity index (χ4n) is 1.30. The Balaban J connectivity index is 2.64. The zero-order valence-electron chi connectivity index (χ0n) is 9.45. The van der Waals surface area contributed by atoms with Gasteiger partial charge in [-0.25, -0.2) is 4.79 Å². The number of nitrogens with one attached hydrogen (secondary N) is 1. The monoisotopic (exact) mass is 221 g/mol. The van der Waals surface area contributed by atoms with E-state index in [0.29, 0.717) is 6.54 Å². The smallest absolute Gasteiger partial charge is 0.374 e. The number of carbonyl (C=O) groups excluding carboxylic acids is 1. The molecule has 1 atom stereocenters. The van der Waals surface area contributed by atoms with Crippen LogP contribution in [0.1, 0.15) is 29.5 Å². The molecule has 0 radical (unpaired) electrons. The lowest BCUT2D eigenvalue weighted by Gasteiger charge is -2.09. The molecule has 86 valence electrons. The standard InChI is InChI=1S/C12H15NO3/c1-4-10(5-2)13-8-9-6-7-16-11(9)12(14)15-3/h1,6-7,10,13H,5,8H2,2-3H3. The van der Waals surface area contributed by atoms with Crippen LogP contribution in [0.4, 0.5) is 0 Å². The van der Waals surface area contributed by atoms with Gasteiger partial charge in [0.15, 0.2) is 0 Å². The van der Waals surface area contributed by atoms with Gasteiger partial charge in [-0.2, -0.15) is 0 Å². The largest absolute Gasteiger partial charge is 0.463 e. The molecule has 0 amide bonds. The van der Waals surface area contributed by atoms with Crippen LogP contribution in [0, 0.1) is 12.3 Å². The van der Waals surface area contributed by atoms with E-state index in [2.05, 4.69) is 16.0 Å². The molecule has 0 bridgehead atoms. The van der Waals surface area contributed by atoms with Crippen LogP contribution in [0.15, 0.2) is 16.7 Å². The van der Waals surface area contributed by atoms with Crippen LogP contribution >= 0.6 is 0 Å². The van der Waals surface area contributed by atoms with Gasteiger partial charge in [0.2, 0.25) is 5.76 Å². The van der Waals surface area contributed by atoms with Crippen molar-refractivity contribution in [2.24, 2.45) is 0 Å². The summed E-state index contributed by atoms with van der Waals surface area (Å²) in [4.78, 5) is 11.3. The minimum absolute atomic E-state index is 0.000368. The second-order valence-electron chi connectivity index (χ2n) is 3.27. The second-order valence-corrected chi connectivity index (χ2v) is 3.27. The molecule has 0 saturated carbocycles. The molecule has 1 heterocycles. The third-order valence-electron chi connectivity index (χ3n) is 2.27. The second kappa shape index (κ2) is 5.99. The first-order valence-corrected chi connectivity index (χ1v) is 5.07. The molecule has 4 heteroatoms. The Kier molecular flexibility index (Phi) is 4.62. The molecule has 4 nitrogen and oxygen atoms in total. The lowest BCUT2D eigenvalue weighted by molar-refractivity contribution is 0.0563. The van der Waals surface area contributed by atoms with E-state index in [9.17, 15) is 4.79 Å². The van der Waals surface area contributed by atoms with Crippen molar-refractivity contribution >= 4 is 5.97 Å². The highest BCUT2D eigenvalue weighted by Gasteiger charge is 2.15. The Morgan fingerprint density at radius 2 is 2.50 bits per heavy atom. The van der Waals surface area contributed by atoms with Crippen LogP contribution in [-0.4, -0.2) is 19.1 Å². The topological polar surface area (TPSA) is 51.5 Å². The fraction of sp³-hybridized carbons (Fsp3) is 0.417. The predicted octanol–water partition coefficient (Wildman–Crippen LogP) is 1.57. The van der Waals surface area contributed by atoms with Gasteiger partial charge in [0.25, 0.3) is 0 Å². The maximum atomic E-state index is 11.3. The number of hydrogen-bond acceptors (Lipinski definition) is 4. The highest BCUT2D eigenvalue weighted by Crippen LogP contribution is 2.11. The summed E-state index contributed by atoms with van der Waals surface area (Å²) in [5.41, 5.74) is 0.751. The van der Waals surface area contributed by atoms with Crippen molar-refractivity contribution in [2.75, 3.05) is 7.11 Å². The molecular weight excluding hydrogens is 206 g/mol. The van der Waals surface area contributed by atoms with E-state index in [1.807, 2.05) is 6.92 Å². The Labute approximate surface area is 95.0 Å². The van der Waals surface area contributed by atoms with Crippen LogP contribution in [-0.2, 0) is 11.3 Å². The highest BCUT2D eigenvalue weighted by atomic mass is 16.5. The Morgan fingerprint density at radius 1 is 1.75 bits per heavy atom. The molecule has 0 aromatic carbocycles. The van der Waals surface area contributed by atoms with Gasteiger partial charge in [-0.05, 0) is 12.5 Å². The molecule has 1 aromatic heterocycles. The van der Waals surface area contributed by atoms with E-state index in [1.54, 1.807) is 6.07 Å². The van der Waals surface area contributed by atoms with Gasteiger partial charge in [0, 0.05) is 12.1 Å². The summed E-state index contributed by atoms with van der Waals surface area (Å²) in [6.07, 6.45) is 7.61. The van der Waals surface area contributed by atoms with Gasteiger partial charge < -0.3 is 9.15 Å². The van der Waals surface area contributed by atoms with E-state index in [1.165, 1.54) is 13.4 Å². The molecule has 1 unspecified atom stereocenters. The minimum Gasteiger partial charge on any atom is -0.463 e. The Morgan fingerprint density at radius 3 is 3.06 bits per heavy atom. The number of ether oxygens (including phenoxy) is 1. The van der Waals surface area contributed by atoms with Crippen molar-refractivity contribution in [2.45, 2.75) is 25.9 Å². The van der Waals surface area contributed by atoms with Crippen molar-refractivity contribution in [3.05, 3.63) is 23.7 Å². The SMILES string of the molecule is C#CC(CC)NCc1ccoc1C(=O)OC. The van der Waals surface area contributed by atoms with E-state index in [-0.39, 0.29) is 11.8 Å².